The molecule has 1 saturated heterocycles. The van der Waals surface area contributed by atoms with Crippen LogP contribution in [0.2, 0.25) is 0 Å². The number of amides is 2. The van der Waals surface area contributed by atoms with E-state index in [9.17, 15) is 9.59 Å². The molecule has 1 rings (SSSR count). The van der Waals surface area contributed by atoms with Crippen molar-refractivity contribution in [3.63, 3.8) is 0 Å². The first-order valence-electron chi connectivity index (χ1n) is 6.18. The van der Waals surface area contributed by atoms with Crippen molar-refractivity contribution in [2.45, 2.75) is 6.92 Å². The molecule has 1 heterocycles. The Morgan fingerprint density at radius 2 is 1.83 bits per heavy atom. The van der Waals surface area contributed by atoms with Crippen LogP contribution in [0.1, 0.15) is 6.92 Å². The summed E-state index contributed by atoms with van der Waals surface area (Å²) in [6.07, 6.45) is -0.693. The first kappa shape index (κ1) is 14.9. The minimum absolute atomic E-state index is 0.156. The van der Waals surface area contributed by atoms with E-state index in [1.54, 1.807) is 6.92 Å². The van der Waals surface area contributed by atoms with Crippen LogP contribution in [-0.4, -0.2) is 79.4 Å². The standard InChI is InChI=1S/C11H21N3O4/c1-2-18-11(17)12-10(16)9-14-5-3-13(4-6-14)7-8-15/h15H,2-9H2,1H3,(H,12,16,17). The van der Waals surface area contributed by atoms with Gasteiger partial charge in [-0.1, -0.05) is 0 Å². The zero-order valence-corrected chi connectivity index (χ0v) is 10.7. The van der Waals surface area contributed by atoms with Gasteiger partial charge in [-0.25, -0.2) is 4.79 Å². The Hall–Kier alpha value is -1.18. The maximum Gasteiger partial charge on any atom is 0.413 e. The van der Waals surface area contributed by atoms with Gasteiger partial charge in [0, 0.05) is 32.7 Å². The van der Waals surface area contributed by atoms with E-state index >= 15 is 0 Å². The van der Waals surface area contributed by atoms with Gasteiger partial charge in [-0.3, -0.25) is 19.9 Å². The van der Waals surface area contributed by atoms with Crippen molar-refractivity contribution >= 4 is 12.0 Å². The van der Waals surface area contributed by atoms with Crippen LogP contribution in [0, 0.1) is 0 Å². The molecule has 1 aliphatic heterocycles. The highest BCUT2D eigenvalue weighted by Crippen LogP contribution is 2.00. The number of piperazine rings is 1. The summed E-state index contributed by atoms with van der Waals surface area (Å²) in [6, 6.07) is 0. The van der Waals surface area contributed by atoms with Gasteiger partial charge in [0.15, 0.2) is 0 Å². The normalized spacial score (nSPS) is 17.4. The van der Waals surface area contributed by atoms with Gasteiger partial charge in [0.25, 0.3) is 0 Å². The average molecular weight is 259 g/mol. The van der Waals surface area contributed by atoms with Gasteiger partial charge in [-0.05, 0) is 6.92 Å². The molecule has 0 aliphatic carbocycles. The molecule has 1 fully saturated rings. The molecule has 0 spiro atoms. The minimum atomic E-state index is -0.693. The van der Waals surface area contributed by atoms with Gasteiger partial charge >= 0.3 is 6.09 Å². The number of hydrogen-bond acceptors (Lipinski definition) is 6. The number of β-amino-alcohol motifs (C(OH)–C–C–N with tert-alkyl or cyclic N) is 1. The summed E-state index contributed by atoms with van der Waals surface area (Å²) >= 11 is 0. The van der Waals surface area contributed by atoms with Gasteiger partial charge < -0.3 is 9.84 Å². The van der Waals surface area contributed by atoms with Gasteiger partial charge in [-0.15, -0.1) is 0 Å². The molecule has 0 saturated carbocycles. The molecule has 18 heavy (non-hydrogen) atoms. The summed E-state index contributed by atoms with van der Waals surface area (Å²) in [5, 5.41) is 11.0. The fraction of sp³-hybridized carbons (Fsp3) is 0.818. The van der Waals surface area contributed by atoms with Crippen LogP contribution in [0.3, 0.4) is 0 Å². The number of aliphatic hydroxyl groups excluding tert-OH is 1. The van der Waals surface area contributed by atoms with Crippen molar-refractivity contribution in [1.82, 2.24) is 15.1 Å². The number of carbonyl (C=O) groups excluding carboxylic acids is 2. The van der Waals surface area contributed by atoms with E-state index in [1.165, 1.54) is 0 Å². The van der Waals surface area contributed by atoms with Crippen LogP contribution in [0.25, 0.3) is 0 Å². The third-order valence-electron chi connectivity index (χ3n) is 2.77. The summed E-state index contributed by atoms with van der Waals surface area (Å²) in [5.74, 6) is -0.343. The van der Waals surface area contributed by atoms with Crippen molar-refractivity contribution in [1.29, 1.82) is 0 Å². The number of carbonyl (C=O) groups is 2. The molecule has 2 amide bonds. The van der Waals surface area contributed by atoms with E-state index in [0.717, 1.165) is 26.2 Å². The summed E-state index contributed by atoms with van der Waals surface area (Å²) in [6.45, 7) is 6.13. The lowest BCUT2D eigenvalue weighted by Crippen LogP contribution is -2.50. The van der Waals surface area contributed by atoms with Crippen LogP contribution in [0.5, 0.6) is 0 Å². The maximum absolute atomic E-state index is 11.5. The van der Waals surface area contributed by atoms with Crippen molar-refractivity contribution in [3.05, 3.63) is 0 Å². The summed E-state index contributed by atoms with van der Waals surface area (Å²) < 4.78 is 4.63. The fourth-order valence-corrected chi connectivity index (χ4v) is 1.84. The van der Waals surface area contributed by atoms with Crippen LogP contribution < -0.4 is 5.32 Å². The van der Waals surface area contributed by atoms with Crippen LogP contribution in [-0.2, 0) is 9.53 Å². The summed E-state index contributed by atoms with van der Waals surface area (Å²) in [7, 11) is 0. The first-order chi connectivity index (χ1) is 8.65. The number of nitrogens with one attached hydrogen (secondary N) is 1. The molecular weight excluding hydrogens is 238 g/mol. The Bertz CT molecular complexity index is 277. The zero-order chi connectivity index (χ0) is 13.4. The smallest absolute Gasteiger partial charge is 0.413 e. The second-order valence-corrected chi connectivity index (χ2v) is 4.11. The van der Waals surface area contributed by atoms with Crippen LogP contribution >= 0.6 is 0 Å². The quantitative estimate of drug-likeness (QED) is 0.650. The highest BCUT2D eigenvalue weighted by molar-refractivity contribution is 5.92. The Morgan fingerprint density at radius 3 is 2.39 bits per heavy atom. The lowest BCUT2D eigenvalue weighted by atomic mass is 10.3. The fourth-order valence-electron chi connectivity index (χ4n) is 1.84. The summed E-state index contributed by atoms with van der Waals surface area (Å²) in [4.78, 5) is 26.6. The van der Waals surface area contributed by atoms with Crippen molar-refractivity contribution in [3.8, 4) is 0 Å². The third-order valence-corrected chi connectivity index (χ3v) is 2.77. The Balaban J connectivity index is 2.20. The second kappa shape index (κ2) is 8.02. The predicted octanol–water partition coefficient (Wildman–Crippen LogP) is -1.13. The largest absolute Gasteiger partial charge is 0.450 e. The summed E-state index contributed by atoms with van der Waals surface area (Å²) in [5.41, 5.74) is 0. The zero-order valence-electron chi connectivity index (χ0n) is 10.7. The third kappa shape index (κ3) is 5.44. The van der Waals surface area contributed by atoms with Crippen LogP contribution in [0.4, 0.5) is 4.79 Å². The first-order valence-corrected chi connectivity index (χ1v) is 6.18. The number of nitrogens with zero attached hydrogens (tertiary/aromatic N) is 2. The number of imide groups is 1. The molecule has 104 valence electrons. The number of hydrogen-bond donors (Lipinski definition) is 2. The average Bonchev–Trinajstić information content (AvgIpc) is 2.32. The van der Waals surface area contributed by atoms with Crippen molar-refractivity contribution in [2.75, 3.05) is 52.5 Å². The molecule has 7 nitrogen and oxygen atoms in total. The van der Waals surface area contributed by atoms with Gasteiger partial charge in [0.1, 0.15) is 0 Å². The molecule has 7 heteroatoms. The van der Waals surface area contributed by atoms with E-state index < -0.39 is 6.09 Å². The molecule has 0 aromatic heterocycles. The van der Waals surface area contributed by atoms with Crippen LogP contribution in [0.15, 0.2) is 0 Å². The van der Waals surface area contributed by atoms with E-state index in [1.807, 2.05) is 4.90 Å². The van der Waals surface area contributed by atoms with Gasteiger partial charge in [0.05, 0.1) is 19.8 Å². The monoisotopic (exact) mass is 259 g/mol. The lowest BCUT2D eigenvalue weighted by Gasteiger charge is -2.33. The Morgan fingerprint density at radius 1 is 1.22 bits per heavy atom. The van der Waals surface area contributed by atoms with Gasteiger partial charge in [-0.2, -0.15) is 0 Å². The molecule has 0 aromatic rings. The molecular formula is C11H21N3O4. The maximum atomic E-state index is 11.5. The van der Waals surface area contributed by atoms with E-state index in [2.05, 4.69) is 15.0 Å². The molecule has 0 unspecified atom stereocenters. The molecule has 0 radical (unpaired) electrons. The predicted molar refractivity (Wildman–Crippen MR) is 65.1 cm³/mol. The topological polar surface area (TPSA) is 82.1 Å². The molecule has 0 aromatic carbocycles. The molecule has 2 N–H and O–H groups in total. The Kier molecular flexibility index (Phi) is 6.63. The molecule has 0 atom stereocenters. The van der Waals surface area contributed by atoms with E-state index in [-0.39, 0.29) is 25.7 Å². The highest BCUT2D eigenvalue weighted by atomic mass is 16.5. The van der Waals surface area contributed by atoms with E-state index in [0.29, 0.717) is 6.54 Å². The van der Waals surface area contributed by atoms with Gasteiger partial charge in [0.2, 0.25) is 5.91 Å². The number of ether oxygens (including phenoxy) is 1. The minimum Gasteiger partial charge on any atom is -0.450 e. The SMILES string of the molecule is CCOC(=O)NC(=O)CN1CCN(CCO)CC1. The second-order valence-electron chi connectivity index (χ2n) is 4.11. The Labute approximate surface area is 107 Å². The number of alkyl carbamates (subject to hydrolysis) is 1. The highest BCUT2D eigenvalue weighted by Gasteiger charge is 2.19. The molecule has 1 aliphatic rings. The van der Waals surface area contributed by atoms with Crippen molar-refractivity contribution in [2.24, 2.45) is 0 Å². The number of aliphatic hydroxyl groups is 1. The lowest BCUT2D eigenvalue weighted by molar-refractivity contribution is -0.122. The molecule has 0 bridgehead atoms. The number of rotatable bonds is 5. The van der Waals surface area contributed by atoms with E-state index in [4.69, 9.17) is 5.11 Å². The van der Waals surface area contributed by atoms with Crippen molar-refractivity contribution < 1.29 is 19.4 Å².